The average Bonchev–Trinajstić information content (AvgIpc) is 2.81. The standard InChI is InChI=1S/C21H32O3/c1-13(22)21(24)11-8-18-16-5-4-14-12-15(23)6-9-19(14,2)17(16)7-10-20(18,21)3/h4,15-18,23-24H,5-12H2,1-3H3/t15-,16-,17+,18-,19-,20-,21+/m0/s1. The van der Waals surface area contributed by atoms with E-state index in [1.807, 2.05) is 0 Å². The summed E-state index contributed by atoms with van der Waals surface area (Å²) in [4.78, 5) is 12.2. The highest BCUT2D eigenvalue weighted by Gasteiger charge is 2.65. The second-order valence-electron chi connectivity index (χ2n) is 9.57. The lowest BCUT2D eigenvalue weighted by atomic mass is 9.47. The van der Waals surface area contributed by atoms with Crippen LogP contribution >= 0.6 is 0 Å². The van der Waals surface area contributed by atoms with Crippen LogP contribution in [-0.2, 0) is 4.79 Å². The lowest BCUT2D eigenvalue weighted by molar-refractivity contribution is -0.159. The predicted molar refractivity (Wildman–Crippen MR) is 93.3 cm³/mol. The van der Waals surface area contributed by atoms with Crippen LogP contribution in [0.5, 0.6) is 0 Å². The number of aliphatic hydroxyl groups is 2. The minimum Gasteiger partial charge on any atom is -0.393 e. The molecule has 24 heavy (non-hydrogen) atoms. The Morgan fingerprint density at radius 1 is 1.12 bits per heavy atom. The molecule has 0 aromatic rings. The van der Waals surface area contributed by atoms with Gasteiger partial charge in [0.2, 0.25) is 0 Å². The Balaban J connectivity index is 1.69. The molecule has 0 aliphatic heterocycles. The molecule has 2 N–H and O–H groups in total. The van der Waals surface area contributed by atoms with Crippen molar-refractivity contribution in [2.45, 2.75) is 83.8 Å². The zero-order valence-electron chi connectivity index (χ0n) is 15.3. The van der Waals surface area contributed by atoms with E-state index in [2.05, 4.69) is 19.9 Å². The van der Waals surface area contributed by atoms with Gasteiger partial charge >= 0.3 is 0 Å². The lowest BCUT2D eigenvalue weighted by Crippen LogP contribution is -2.56. The molecule has 3 nitrogen and oxygen atoms in total. The molecule has 3 heteroatoms. The number of aliphatic hydroxyl groups excluding tert-OH is 1. The van der Waals surface area contributed by atoms with Crippen LogP contribution < -0.4 is 0 Å². The van der Waals surface area contributed by atoms with Crippen LogP contribution in [0.4, 0.5) is 0 Å². The summed E-state index contributed by atoms with van der Waals surface area (Å²) in [6.45, 7) is 6.16. The minimum absolute atomic E-state index is 0.0370. The molecule has 4 aliphatic rings. The van der Waals surface area contributed by atoms with E-state index in [1.54, 1.807) is 6.92 Å². The van der Waals surface area contributed by atoms with E-state index in [0.717, 1.165) is 44.9 Å². The summed E-state index contributed by atoms with van der Waals surface area (Å²) >= 11 is 0. The molecule has 134 valence electrons. The summed E-state index contributed by atoms with van der Waals surface area (Å²) in [5.41, 5.74) is 0.331. The van der Waals surface area contributed by atoms with Gasteiger partial charge in [-0.2, -0.15) is 0 Å². The van der Waals surface area contributed by atoms with Crippen molar-refractivity contribution in [3.05, 3.63) is 11.6 Å². The fraction of sp³-hybridized carbons (Fsp3) is 0.857. The summed E-state index contributed by atoms with van der Waals surface area (Å²) in [7, 11) is 0. The highest BCUT2D eigenvalue weighted by Crippen LogP contribution is 2.67. The Bertz CT molecular complexity index is 596. The van der Waals surface area contributed by atoms with E-state index < -0.39 is 5.60 Å². The number of carbonyl (C=O) groups excluding carboxylic acids is 1. The number of hydrogen-bond donors (Lipinski definition) is 2. The van der Waals surface area contributed by atoms with Gasteiger partial charge in [-0.15, -0.1) is 0 Å². The fourth-order valence-electron chi connectivity index (χ4n) is 7.24. The maximum Gasteiger partial charge on any atom is 0.161 e. The first-order valence-electron chi connectivity index (χ1n) is 9.83. The van der Waals surface area contributed by atoms with Gasteiger partial charge in [-0.1, -0.05) is 25.5 Å². The molecular formula is C21H32O3. The van der Waals surface area contributed by atoms with Gasteiger partial charge in [0.05, 0.1) is 6.10 Å². The SMILES string of the molecule is CC(=O)[C@]1(O)CC[C@H]2[C@H]3CC=C4C[C@@H](O)CC[C@]4(C)[C@@H]3CC[C@@]21C. The number of rotatable bonds is 1. The maximum atomic E-state index is 12.2. The smallest absolute Gasteiger partial charge is 0.161 e. The summed E-state index contributed by atoms with van der Waals surface area (Å²) in [6, 6.07) is 0. The van der Waals surface area contributed by atoms with Crippen molar-refractivity contribution in [2.75, 3.05) is 0 Å². The third-order valence-electron chi connectivity index (χ3n) is 8.81. The minimum atomic E-state index is -1.11. The maximum absolute atomic E-state index is 12.2. The normalized spacial score (nSPS) is 53.6. The Morgan fingerprint density at radius 3 is 2.54 bits per heavy atom. The molecule has 0 radical (unpaired) electrons. The highest BCUT2D eigenvalue weighted by atomic mass is 16.3. The van der Waals surface area contributed by atoms with Gasteiger partial charge in [0.1, 0.15) is 5.60 Å². The largest absolute Gasteiger partial charge is 0.393 e. The number of ketones is 1. The first kappa shape index (κ1) is 16.8. The summed E-state index contributed by atoms with van der Waals surface area (Å²) in [5, 5.41) is 21.2. The Hall–Kier alpha value is -0.670. The third-order valence-corrected chi connectivity index (χ3v) is 8.81. The molecule has 0 aromatic heterocycles. The summed E-state index contributed by atoms with van der Waals surface area (Å²) in [5.74, 6) is 1.65. The van der Waals surface area contributed by atoms with Gasteiger partial charge < -0.3 is 10.2 Å². The predicted octanol–water partition coefficient (Wildman–Crippen LogP) is 3.63. The van der Waals surface area contributed by atoms with E-state index in [4.69, 9.17) is 0 Å². The van der Waals surface area contributed by atoms with Crippen molar-refractivity contribution < 1.29 is 15.0 Å². The van der Waals surface area contributed by atoms with Crippen molar-refractivity contribution >= 4 is 5.78 Å². The van der Waals surface area contributed by atoms with Crippen molar-refractivity contribution in [1.29, 1.82) is 0 Å². The molecule has 4 aliphatic carbocycles. The molecule has 0 saturated heterocycles. The molecule has 0 unspecified atom stereocenters. The first-order chi connectivity index (χ1) is 11.2. The monoisotopic (exact) mass is 332 g/mol. The highest BCUT2D eigenvalue weighted by molar-refractivity contribution is 5.86. The number of allylic oxidation sites excluding steroid dienone is 1. The summed E-state index contributed by atoms with van der Waals surface area (Å²) in [6.07, 6.45) is 9.84. The molecule has 0 aromatic carbocycles. The Kier molecular flexibility index (Phi) is 3.61. The number of fused-ring (bicyclic) bond motifs is 5. The van der Waals surface area contributed by atoms with Gasteiger partial charge in [-0.3, -0.25) is 4.79 Å². The van der Waals surface area contributed by atoms with Crippen molar-refractivity contribution in [3.8, 4) is 0 Å². The van der Waals surface area contributed by atoms with E-state index >= 15 is 0 Å². The van der Waals surface area contributed by atoms with E-state index in [-0.39, 0.29) is 22.7 Å². The molecule has 7 atom stereocenters. The van der Waals surface area contributed by atoms with Gasteiger partial charge in [0.25, 0.3) is 0 Å². The third kappa shape index (κ3) is 1.94. The number of hydrogen-bond acceptors (Lipinski definition) is 3. The van der Waals surface area contributed by atoms with Crippen molar-refractivity contribution in [1.82, 2.24) is 0 Å². The molecule has 0 amide bonds. The summed E-state index contributed by atoms with van der Waals surface area (Å²) < 4.78 is 0. The van der Waals surface area contributed by atoms with Crippen LogP contribution in [0.1, 0.15) is 72.1 Å². The van der Waals surface area contributed by atoms with Crippen LogP contribution in [0.2, 0.25) is 0 Å². The van der Waals surface area contributed by atoms with Gasteiger partial charge in [0, 0.05) is 5.41 Å². The van der Waals surface area contributed by atoms with E-state index in [1.165, 1.54) is 5.57 Å². The quantitative estimate of drug-likeness (QED) is 0.721. The molecule has 3 saturated carbocycles. The molecular weight excluding hydrogens is 300 g/mol. The Labute approximate surface area is 145 Å². The van der Waals surface area contributed by atoms with Gasteiger partial charge in [0.15, 0.2) is 5.78 Å². The first-order valence-corrected chi connectivity index (χ1v) is 9.83. The van der Waals surface area contributed by atoms with Crippen LogP contribution in [0.3, 0.4) is 0 Å². The second-order valence-corrected chi connectivity index (χ2v) is 9.57. The van der Waals surface area contributed by atoms with E-state index in [9.17, 15) is 15.0 Å². The number of carbonyl (C=O) groups is 1. The topological polar surface area (TPSA) is 57.5 Å². The van der Waals surface area contributed by atoms with E-state index in [0.29, 0.717) is 24.2 Å². The van der Waals surface area contributed by atoms with Crippen LogP contribution in [-0.4, -0.2) is 27.7 Å². The van der Waals surface area contributed by atoms with Crippen molar-refractivity contribution in [3.63, 3.8) is 0 Å². The van der Waals surface area contributed by atoms with Crippen LogP contribution in [0.25, 0.3) is 0 Å². The van der Waals surface area contributed by atoms with Gasteiger partial charge in [-0.25, -0.2) is 0 Å². The van der Waals surface area contributed by atoms with Gasteiger partial charge in [-0.05, 0) is 81.5 Å². The fourth-order valence-corrected chi connectivity index (χ4v) is 7.24. The molecule has 4 rings (SSSR count). The molecule has 0 heterocycles. The molecule has 0 bridgehead atoms. The van der Waals surface area contributed by atoms with Crippen LogP contribution in [0.15, 0.2) is 11.6 Å². The van der Waals surface area contributed by atoms with Crippen LogP contribution in [0, 0.1) is 28.6 Å². The zero-order valence-corrected chi connectivity index (χ0v) is 15.3. The lowest BCUT2D eigenvalue weighted by Gasteiger charge is -2.58. The zero-order chi connectivity index (χ0) is 17.3. The molecule has 0 spiro atoms. The van der Waals surface area contributed by atoms with Crippen molar-refractivity contribution in [2.24, 2.45) is 28.6 Å². The number of Topliss-reactive ketones (excluding diaryl/α,β-unsaturated/α-hetero) is 1. The average molecular weight is 332 g/mol. The second kappa shape index (κ2) is 5.17. The Morgan fingerprint density at radius 2 is 1.83 bits per heavy atom. The molecule has 3 fully saturated rings.